The second-order valence-corrected chi connectivity index (χ2v) is 5.97. The Morgan fingerprint density at radius 1 is 1.25 bits per heavy atom. The minimum atomic E-state index is -0.715. The van der Waals surface area contributed by atoms with Crippen LogP contribution in [0.5, 0.6) is 0 Å². The lowest BCUT2D eigenvalue weighted by Crippen LogP contribution is -2.47. The zero-order chi connectivity index (χ0) is 16.9. The fourth-order valence-electron chi connectivity index (χ4n) is 2.99. The first-order valence-electron chi connectivity index (χ1n) is 8.15. The summed E-state index contributed by atoms with van der Waals surface area (Å²) in [6.07, 6.45) is 1.48. The van der Waals surface area contributed by atoms with Crippen molar-refractivity contribution in [2.75, 3.05) is 13.7 Å². The molecule has 3 rings (SSSR count). The lowest BCUT2D eigenvalue weighted by Gasteiger charge is -2.19. The van der Waals surface area contributed by atoms with E-state index < -0.39 is 18.1 Å². The number of fused-ring (bicyclic) bond motifs is 1. The van der Waals surface area contributed by atoms with Gasteiger partial charge in [0.2, 0.25) is 5.91 Å². The Balaban J connectivity index is 1.75. The Hall–Kier alpha value is -2.40. The molecule has 126 valence electrons. The van der Waals surface area contributed by atoms with Crippen molar-refractivity contribution in [2.45, 2.75) is 31.4 Å². The van der Waals surface area contributed by atoms with Crippen LogP contribution in [0.15, 0.2) is 42.5 Å². The smallest absolute Gasteiger partial charge is 0.328 e. The number of benzene rings is 2. The molecule has 2 aromatic carbocycles. The van der Waals surface area contributed by atoms with Gasteiger partial charge in [0.1, 0.15) is 12.1 Å². The third-order valence-electron chi connectivity index (χ3n) is 4.28. The zero-order valence-electron chi connectivity index (χ0n) is 13.7. The monoisotopic (exact) mass is 327 g/mol. The third kappa shape index (κ3) is 3.74. The van der Waals surface area contributed by atoms with Gasteiger partial charge in [0.25, 0.3) is 0 Å². The molecule has 5 heteroatoms. The van der Waals surface area contributed by atoms with E-state index in [9.17, 15) is 9.59 Å². The molecule has 5 nitrogen and oxygen atoms in total. The number of carbonyl (C=O) groups excluding carboxylic acids is 2. The molecule has 0 unspecified atom stereocenters. The number of amides is 1. The number of methoxy groups -OCH3 is 1. The predicted molar refractivity (Wildman–Crippen MR) is 90.6 cm³/mol. The molecule has 2 atom stereocenters. The van der Waals surface area contributed by atoms with Gasteiger partial charge in [-0.15, -0.1) is 0 Å². The highest BCUT2D eigenvalue weighted by Gasteiger charge is 2.29. The average molecular weight is 327 g/mol. The third-order valence-corrected chi connectivity index (χ3v) is 4.28. The summed E-state index contributed by atoms with van der Waals surface area (Å²) in [7, 11) is 1.33. The van der Waals surface area contributed by atoms with Gasteiger partial charge in [0.15, 0.2) is 0 Å². The second-order valence-electron chi connectivity index (χ2n) is 5.97. The topological polar surface area (TPSA) is 64.6 Å². The van der Waals surface area contributed by atoms with Crippen molar-refractivity contribution in [1.82, 2.24) is 5.32 Å². The summed E-state index contributed by atoms with van der Waals surface area (Å²) in [6, 6.07) is 13.3. The molecule has 1 N–H and O–H groups in total. The van der Waals surface area contributed by atoms with Crippen LogP contribution < -0.4 is 5.32 Å². The van der Waals surface area contributed by atoms with Gasteiger partial charge in [-0.25, -0.2) is 4.79 Å². The number of nitrogens with one attached hydrogen (secondary N) is 1. The highest BCUT2D eigenvalue weighted by Crippen LogP contribution is 2.17. The zero-order valence-corrected chi connectivity index (χ0v) is 13.7. The number of carbonyl (C=O) groups is 2. The molecule has 0 radical (unpaired) electrons. The predicted octanol–water partition coefficient (Wildman–Crippen LogP) is 2.22. The minimum Gasteiger partial charge on any atom is -0.467 e. The molecule has 0 spiro atoms. The largest absolute Gasteiger partial charge is 0.467 e. The average Bonchev–Trinajstić information content (AvgIpc) is 3.15. The SMILES string of the molecule is COC(=O)[C@H](Cc1ccc2ccccc2c1)NC(=O)[C@@H]1CCCO1. The van der Waals surface area contributed by atoms with Crippen molar-refractivity contribution in [2.24, 2.45) is 0 Å². The van der Waals surface area contributed by atoms with Gasteiger partial charge in [0, 0.05) is 13.0 Å². The van der Waals surface area contributed by atoms with E-state index in [2.05, 4.69) is 5.32 Å². The Kier molecular flexibility index (Phi) is 5.11. The molecule has 0 aliphatic carbocycles. The van der Waals surface area contributed by atoms with E-state index in [1.54, 1.807) is 0 Å². The van der Waals surface area contributed by atoms with Crippen LogP contribution in [-0.4, -0.2) is 37.7 Å². The molecule has 1 saturated heterocycles. The number of ether oxygens (including phenoxy) is 2. The Bertz CT molecular complexity index is 737. The maximum atomic E-state index is 12.2. The summed E-state index contributed by atoms with van der Waals surface area (Å²) in [5.74, 6) is -0.696. The van der Waals surface area contributed by atoms with E-state index in [0.717, 1.165) is 22.8 Å². The van der Waals surface area contributed by atoms with E-state index in [4.69, 9.17) is 9.47 Å². The van der Waals surface area contributed by atoms with Crippen LogP contribution in [0.1, 0.15) is 18.4 Å². The maximum Gasteiger partial charge on any atom is 0.328 e. The van der Waals surface area contributed by atoms with E-state index in [1.807, 2.05) is 42.5 Å². The molecule has 1 fully saturated rings. The quantitative estimate of drug-likeness (QED) is 0.855. The van der Waals surface area contributed by atoms with Gasteiger partial charge in [-0.05, 0) is 29.2 Å². The molecular formula is C19H21NO4. The summed E-state index contributed by atoms with van der Waals surface area (Å²) in [5.41, 5.74) is 0.969. The Labute approximate surface area is 140 Å². The van der Waals surface area contributed by atoms with Crippen LogP contribution >= 0.6 is 0 Å². The first kappa shape index (κ1) is 16.5. The van der Waals surface area contributed by atoms with Crippen LogP contribution in [0.2, 0.25) is 0 Å². The minimum absolute atomic E-state index is 0.247. The molecule has 1 amide bonds. The van der Waals surface area contributed by atoms with Crippen molar-refractivity contribution in [1.29, 1.82) is 0 Å². The highest BCUT2D eigenvalue weighted by molar-refractivity contribution is 5.87. The summed E-state index contributed by atoms with van der Waals surface area (Å²) in [5, 5.41) is 5.01. The molecule has 1 heterocycles. The normalized spacial score (nSPS) is 18.3. The van der Waals surface area contributed by atoms with E-state index in [1.165, 1.54) is 7.11 Å². The molecule has 1 aliphatic rings. The summed E-state index contributed by atoms with van der Waals surface area (Å²) < 4.78 is 10.2. The van der Waals surface area contributed by atoms with Crippen LogP contribution in [-0.2, 0) is 25.5 Å². The molecule has 0 saturated carbocycles. The van der Waals surface area contributed by atoms with E-state index in [-0.39, 0.29) is 5.91 Å². The Morgan fingerprint density at radius 3 is 2.75 bits per heavy atom. The molecule has 1 aliphatic heterocycles. The van der Waals surface area contributed by atoms with Gasteiger partial charge in [-0.1, -0.05) is 42.5 Å². The van der Waals surface area contributed by atoms with Gasteiger partial charge in [0.05, 0.1) is 7.11 Å². The van der Waals surface area contributed by atoms with Gasteiger partial charge in [-0.3, -0.25) is 4.79 Å². The number of rotatable bonds is 5. The molecule has 0 bridgehead atoms. The maximum absolute atomic E-state index is 12.2. The summed E-state index contributed by atoms with van der Waals surface area (Å²) >= 11 is 0. The van der Waals surface area contributed by atoms with Gasteiger partial charge >= 0.3 is 5.97 Å². The van der Waals surface area contributed by atoms with Crippen molar-refractivity contribution in [3.63, 3.8) is 0 Å². The van der Waals surface area contributed by atoms with Crippen LogP contribution in [0.4, 0.5) is 0 Å². The molecule has 0 aromatic heterocycles. The first-order chi connectivity index (χ1) is 11.7. The highest BCUT2D eigenvalue weighted by atomic mass is 16.5. The van der Waals surface area contributed by atoms with Crippen LogP contribution in [0, 0.1) is 0 Å². The molecule has 2 aromatic rings. The van der Waals surface area contributed by atoms with Crippen molar-refractivity contribution < 1.29 is 19.1 Å². The number of hydrogen-bond acceptors (Lipinski definition) is 4. The first-order valence-corrected chi connectivity index (χ1v) is 8.15. The van der Waals surface area contributed by atoms with Gasteiger partial charge < -0.3 is 14.8 Å². The number of esters is 1. The van der Waals surface area contributed by atoms with E-state index >= 15 is 0 Å². The fourth-order valence-corrected chi connectivity index (χ4v) is 2.99. The Morgan fingerprint density at radius 2 is 2.04 bits per heavy atom. The summed E-state index contributed by atoms with van der Waals surface area (Å²) in [6.45, 7) is 0.589. The standard InChI is InChI=1S/C19H21NO4/c1-23-19(22)16(20-18(21)17-7-4-10-24-17)12-13-8-9-14-5-2-3-6-15(14)11-13/h2-3,5-6,8-9,11,16-17H,4,7,10,12H2,1H3,(H,20,21)/t16-,17-/m0/s1. The summed E-state index contributed by atoms with van der Waals surface area (Å²) in [4.78, 5) is 24.3. The fraction of sp³-hybridized carbons (Fsp3) is 0.368. The van der Waals surface area contributed by atoms with Crippen LogP contribution in [0.25, 0.3) is 10.8 Å². The molecular weight excluding hydrogens is 306 g/mol. The number of hydrogen-bond donors (Lipinski definition) is 1. The van der Waals surface area contributed by atoms with Crippen molar-refractivity contribution in [3.05, 3.63) is 48.0 Å². The lowest BCUT2D eigenvalue weighted by atomic mass is 10.0. The van der Waals surface area contributed by atoms with Gasteiger partial charge in [-0.2, -0.15) is 0 Å². The second kappa shape index (κ2) is 7.45. The van der Waals surface area contributed by atoms with E-state index in [0.29, 0.717) is 19.4 Å². The van der Waals surface area contributed by atoms with Crippen LogP contribution in [0.3, 0.4) is 0 Å². The van der Waals surface area contributed by atoms with Crippen molar-refractivity contribution >= 4 is 22.6 Å². The molecule has 24 heavy (non-hydrogen) atoms. The van der Waals surface area contributed by atoms with Crippen molar-refractivity contribution in [3.8, 4) is 0 Å². The lowest BCUT2D eigenvalue weighted by molar-refractivity contribution is -0.146.